The van der Waals surface area contributed by atoms with E-state index in [4.69, 9.17) is 33.7 Å². The number of ether oxygens (including phenoxy) is 1. The highest BCUT2D eigenvalue weighted by molar-refractivity contribution is 6.35. The van der Waals surface area contributed by atoms with Crippen LogP contribution in [0.25, 0.3) is 0 Å². The number of benzene rings is 2. The van der Waals surface area contributed by atoms with Gasteiger partial charge in [-0.3, -0.25) is 0 Å². The van der Waals surface area contributed by atoms with Gasteiger partial charge in [-0.2, -0.15) is 0 Å². The Hall–Kier alpha value is -1.22. The van der Waals surface area contributed by atoms with Crippen LogP contribution in [0.15, 0.2) is 36.4 Å². The summed E-state index contributed by atoms with van der Waals surface area (Å²) in [6.07, 6.45) is 0.634. The average molecular weight is 310 g/mol. The van der Waals surface area contributed by atoms with E-state index >= 15 is 0 Å². The number of halogens is 2. The Labute approximate surface area is 129 Å². The first-order valence-corrected chi connectivity index (χ1v) is 7.11. The molecule has 4 heteroatoms. The smallest absolute Gasteiger partial charge is 0.123 e. The molecule has 0 aliphatic heterocycles. The molecular formula is C16H17Cl2NO. The lowest BCUT2D eigenvalue weighted by Gasteiger charge is -2.17. The van der Waals surface area contributed by atoms with Crippen LogP contribution in [0.1, 0.15) is 22.7 Å². The Bertz CT molecular complexity index is 613. The lowest BCUT2D eigenvalue weighted by atomic mass is 9.98. The molecule has 0 radical (unpaired) electrons. The summed E-state index contributed by atoms with van der Waals surface area (Å²) < 4.78 is 5.40. The van der Waals surface area contributed by atoms with E-state index in [1.165, 1.54) is 0 Å². The van der Waals surface area contributed by atoms with E-state index in [-0.39, 0.29) is 6.04 Å². The highest BCUT2D eigenvalue weighted by Gasteiger charge is 2.14. The van der Waals surface area contributed by atoms with Crippen molar-refractivity contribution in [2.24, 2.45) is 5.73 Å². The zero-order valence-corrected chi connectivity index (χ0v) is 13.0. The van der Waals surface area contributed by atoms with E-state index in [1.807, 2.05) is 37.3 Å². The minimum atomic E-state index is -0.177. The summed E-state index contributed by atoms with van der Waals surface area (Å²) in [7, 11) is 1.65. The van der Waals surface area contributed by atoms with Gasteiger partial charge in [0.1, 0.15) is 5.75 Å². The molecule has 20 heavy (non-hydrogen) atoms. The van der Waals surface area contributed by atoms with Gasteiger partial charge in [-0.15, -0.1) is 0 Å². The Morgan fingerprint density at radius 2 is 1.90 bits per heavy atom. The molecule has 1 atom stereocenters. The van der Waals surface area contributed by atoms with Crippen molar-refractivity contribution in [1.82, 2.24) is 0 Å². The molecule has 2 nitrogen and oxygen atoms in total. The van der Waals surface area contributed by atoms with Crippen molar-refractivity contribution in [1.29, 1.82) is 0 Å². The van der Waals surface area contributed by atoms with Crippen molar-refractivity contribution in [3.8, 4) is 5.75 Å². The molecule has 2 aromatic rings. The van der Waals surface area contributed by atoms with Gasteiger partial charge in [0.15, 0.2) is 0 Å². The van der Waals surface area contributed by atoms with Gasteiger partial charge in [-0.25, -0.2) is 0 Å². The van der Waals surface area contributed by atoms with Crippen LogP contribution in [0, 0.1) is 6.92 Å². The normalized spacial score (nSPS) is 12.2. The van der Waals surface area contributed by atoms with Gasteiger partial charge < -0.3 is 10.5 Å². The van der Waals surface area contributed by atoms with E-state index in [9.17, 15) is 0 Å². The number of rotatable bonds is 4. The Morgan fingerprint density at radius 1 is 1.15 bits per heavy atom. The van der Waals surface area contributed by atoms with Crippen molar-refractivity contribution >= 4 is 23.2 Å². The molecule has 2 aromatic carbocycles. The fourth-order valence-corrected chi connectivity index (χ4v) is 2.64. The van der Waals surface area contributed by atoms with Crippen molar-refractivity contribution in [2.45, 2.75) is 19.4 Å². The van der Waals surface area contributed by atoms with Crippen LogP contribution in [-0.4, -0.2) is 7.11 Å². The van der Waals surface area contributed by atoms with Crippen molar-refractivity contribution < 1.29 is 4.74 Å². The number of aryl methyl sites for hydroxylation is 1. The van der Waals surface area contributed by atoms with Crippen LogP contribution < -0.4 is 10.5 Å². The third-order valence-electron chi connectivity index (χ3n) is 3.24. The van der Waals surface area contributed by atoms with E-state index < -0.39 is 0 Å². The van der Waals surface area contributed by atoms with Crippen molar-refractivity contribution in [2.75, 3.05) is 7.11 Å². The summed E-state index contributed by atoms with van der Waals surface area (Å²) in [6, 6.07) is 11.3. The fourth-order valence-electron chi connectivity index (χ4n) is 2.16. The Kier molecular flexibility index (Phi) is 4.92. The van der Waals surface area contributed by atoms with Crippen LogP contribution in [-0.2, 0) is 6.42 Å². The third kappa shape index (κ3) is 3.45. The number of hydrogen-bond donors (Lipinski definition) is 1. The van der Waals surface area contributed by atoms with Crippen LogP contribution in [0.2, 0.25) is 10.0 Å². The molecule has 0 saturated heterocycles. The maximum absolute atomic E-state index is 6.29. The third-order valence-corrected chi connectivity index (χ3v) is 3.83. The lowest BCUT2D eigenvalue weighted by Crippen LogP contribution is -2.14. The molecule has 106 valence electrons. The maximum atomic E-state index is 6.29. The molecule has 1 unspecified atom stereocenters. The molecule has 0 heterocycles. The second-order valence-electron chi connectivity index (χ2n) is 4.79. The van der Waals surface area contributed by atoms with E-state index in [0.717, 1.165) is 22.4 Å². The van der Waals surface area contributed by atoms with Gasteiger partial charge in [-0.05, 0) is 42.7 Å². The molecule has 0 amide bonds. The molecule has 0 fully saturated rings. The van der Waals surface area contributed by atoms with Gasteiger partial charge in [0.2, 0.25) is 0 Å². The van der Waals surface area contributed by atoms with Crippen LogP contribution in [0.5, 0.6) is 5.75 Å². The highest BCUT2D eigenvalue weighted by Crippen LogP contribution is 2.30. The summed E-state index contributed by atoms with van der Waals surface area (Å²) in [5.41, 5.74) is 9.38. The first-order chi connectivity index (χ1) is 9.51. The Balaban J connectivity index is 2.25. The van der Waals surface area contributed by atoms with Gasteiger partial charge in [-0.1, -0.05) is 41.4 Å². The van der Waals surface area contributed by atoms with E-state index in [2.05, 4.69) is 0 Å². The number of hydrogen-bond acceptors (Lipinski definition) is 2. The van der Waals surface area contributed by atoms with Crippen molar-refractivity contribution in [3.05, 3.63) is 63.1 Å². The lowest BCUT2D eigenvalue weighted by molar-refractivity contribution is 0.405. The predicted molar refractivity (Wildman–Crippen MR) is 84.8 cm³/mol. The second-order valence-corrected chi connectivity index (χ2v) is 5.64. The van der Waals surface area contributed by atoms with Crippen molar-refractivity contribution in [3.63, 3.8) is 0 Å². The molecular weight excluding hydrogens is 293 g/mol. The number of nitrogens with two attached hydrogens (primary N) is 1. The van der Waals surface area contributed by atoms with Crippen LogP contribution in [0.4, 0.5) is 0 Å². The molecule has 0 aromatic heterocycles. The largest absolute Gasteiger partial charge is 0.496 e. The summed E-state index contributed by atoms with van der Waals surface area (Å²) >= 11 is 12.1. The average Bonchev–Trinajstić information content (AvgIpc) is 2.41. The van der Waals surface area contributed by atoms with Gasteiger partial charge in [0, 0.05) is 21.7 Å². The maximum Gasteiger partial charge on any atom is 0.123 e. The second kappa shape index (κ2) is 6.49. The molecule has 0 aliphatic rings. The monoisotopic (exact) mass is 309 g/mol. The minimum absolute atomic E-state index is 0.177. The van der Waals surface area contributed by atoms with Gasteiger partial charge in [0.05, 0.1) is 7.11 Å². The molecule has 2 N–H and O–H groups in total. The fraction of sp³-hybridized carbons (Fsp3) is 0.250. The van der Waals surface area contributed by atoms with Crippen LogP contribution in [0.3, 0.4) is 0 Å². The quantitative estimate of drug-likeness (QED) is 0.899. The van der Waals surface area contributed by atoms with Gasteiger partial charge in [0.25, 0.3) is 0 Å². The Morgan fingerprint density at radius 3 is 2.55 bits per heavy atom. The zero-order valence-electron chi connectivity index (χ0n) is 11.5. The molecule has 0 bridgehead atoms. The molecule has 0 spiro atoms. The number of methoxy groups -OCH3 is 1. The van der Waals surface area contributed by atoms with E-state index in [0.29, 0.717) is 16.5 Å². The summed E-state index contributed by atoms with van der Waals surface area (Å²) in [6.45, 7) is 2.02. The standard InChI is InChI=1S/C16H17Cl2NO/c1-10-3-6-13(16(7-10)20-2)15(19)8-11-4-5-12(17)9-14(11)18/h3-7,9,15H,8,19H2,1-2H3. The topological polar surface area (TPSA) is 35.2 Å². The predicted octanol–water partition coefficient (Wildman–Crippen LogP) is 4.55. The summed E-state index contributed by atoms with van der Waals surface area (Å²) in [5, 5.41) is 1.26. The SMILES string of the molecule is COc1cc(C)ccc1C(N)Cc1ccc(Cl)cc1Cl. The first-order valence-electron chi connectivity index (χ1n) is 6.35. The molecule has 0 aliphatic carbocycles. The molecule has 0 saturated carbocycles. The minimum Gasteiger partial charge on any atom is -0.496 e. The summed E-state index contributed by atoms with van der Waals surface area (Å²) in [4.78, 5) is 0. The molecule has 2 rings (SSSR count). The van der Waals surface area contributed by atoms with Crippen LogP contribution >= 0.6 is 23.2 Å². The van der Waals surface area contributed by atoms with Gasteiger partial charge >= 0.3 is 0 Å². The van der Waals surface area contributed by atoms with E-state index in [1.54, 1.807) is 13.2 Å². The first kappa shape index (κ1) is 15.2. The highest BCUT2D eigenvalue weighted by atomic mass is 35.5. The summed E-state index contributed by atoms with van der Waals surface area (Å²) in [5.74, 6) is 0.808. The zero-order chi connectivity index (χ0) is 14.7.